The minimum absolute atomic E-state index is 0.162. The van der Waals surface area contributed by atoms with Gasteiger partial charge in [0.05, 0.1) is 25.2 Å². The van der Waals surface area contributed by atoms with Gasteiger partial charge in [-0.15, -0.1) is 11.3 Å². The zero-order valence-electron chi connectivity index (χ0n) is 14.9. The number of carbonyl (C=O) groups excluding carboxylic acids is 2. The summed E-state index contributed by atoms with van der Waals surface area (Å²) in [6.07, 6.45) is 4.23. The summed E-state index contributed by atoms with van der Waals surface area (Å²) >= 11 is 1.50. The molecule has 0 atom stereocenters. The van der Waals surface area contributed by atoms with Crippen LogP contribution in [0.2, 0.25) is 0 Å². The number of fused-ring (bicyclic) bond motifs is 1. The van der Waals surface area contributed by atoms with Crippen LogP contribution in [-0.2, 0) is 22.4 Å². The molecule has 0 saturated carbocycles. The highest BCUT2D eigenvalue weighted by Crippen LogP contribution is 2.38. The molecule has 6 heteroatoms. The van der Waals surface area contributed by atoms with Crippen molar-refractivity contribution in [3.63, 3.8) is 0 Å². The number of nitrogens with one attached hydrogen (secondary N) is 1. The van der Waals surface area contributed by atoms with Gasteiger partial charge in [0.15, 0.2) is 0 Å². The van der Waals surface area contributed by atoms with Gasteiger partial charge in [-0.05, 0) is 50.3 Å². The third-order valence-electron chi connectivity index (χ3n) is 4.24. The minimum atomic E-state index is -0.345. The summed E-state index contributed by atoms with van der Waals surface area (Å²) < 4.78 is 10.8. The summed E-state index contributed by atoms with van der Waals surface area (Å²) in [5.41, 5.74) is 1.60. The highest BCUT2D eigenvalue weighted by Gasteiger charge is 2.27. The Morgan fingerprint density at radius 1 is 1.15 bits per heavy atom. The fourth-order valence-electron chi connectivity index (χ4n) is 3.04. The molecule has 1 heterocycles. The van der Waals surface area contributed by atoms with E-state index >= 15 is 0 Å². The second kappa shape index (κ2) is 8.85. The van der Waals surface area contributed by atoms with Crippen molar-refractivity contribution in [1.29, 1.82) is 0 Å². The minimum Gasteiger partial charge on any atom is -0.493 e. The van der Waals surface area contributed by atoms with Gasteiger partial charge in [-0.2, -0.15) is 0 Å². The first-order valence-electron chi connectivity index (χ1n) is 8.98. The normalized spacial score (nSPS) is 13.0. The van der Waals surface area contributed by atoms with E-state index in [-0.39, 0.29) is 24.9 Å². The molecule has 0 unspecified atom stereocenters. The monoisotopic (exact) mass is 373 g/mol. The van der Waals surface area contributed by atoms with Crippen LogP contribution in [0.25, 0.3) is 0 Å². The lowest BCUT2D eigenvalue weighted by Gasteiger charge is -2.12. The fourth-order valence-corrected chi connectivity index (χ4v) is 4.33. The molecule has 2 aromatic rings. The van der Waals surface area contributed by atoms with E-state index in [2.05, 4.69) is 5.32 Å². The van der Waals surface area contributed by atoms with E-state index in [0.29, 0.717) is 17.2 Å². The zero-order valence-corrected chi connectivity index (χ0v) is 15.7. The van der Waals surface area contributed by atoms with Crippen LogP contribution in [0.4, 0.5) is 5.00 Å². The topological polar surface area (TPSA) is 64.6 Å². The van der Waals surface area contributed by atoms with Crippen LogP contribution in [-0.4, -0.2) is 25.1 Å². The Labute approximate surface area is 157 Å². The van der Waals surface area contributed by atoms with Crippen LogP contribution >= 0.6 is 11.3 Å². The Morgan fingerprint density at radius 2 is 1.92 bits per heavy atom. The number of rotatable bonds is 7. The number of benzene rings is 1. The van der Waals surface area contributed by atoms with E-state index in [1.807, 2.05) is 30.3 Å². The second-order valence-electron chi connectivity index (χ2n) is 6.10. The van der Waals surface area contributed by atoms with Gasteiger partial charge in [-0.1, -0.05) is 18.2 Å². The van der Waals surface area contributed by atoms with E-state index in [1.54, 1.807) is 6.92 Å². The molecule has 1 aromatic carbocycles. The van der Waals surface area contributed by atoms with Gasteiger partial charge in [0.25, 0.3) is 0 Å². The van der Waals surface area contributed by atoms with Crippen LogP contribution in [0.1, 0.15) is 47.0 Å². The van der Waals surface area contributed by atoms with E-state index < -0.39 is 0 Å². The lowest BCUT2D eigenvalue weighted by atomic mass is 9.95. The average molecular weight is 373 g/mol. The molecule has 1 N–H and O–H groups in total. The largest absolute Gasteiger partial charge is 0.493 e. The number of ether oxygens (including phenoxy) is 2. The summed E-state index contributed by atoms with van der Waals surface area (Å²) in [4.78, 5) is 25.9. The quantitative estimate of drug-likeness (QED) is 0.739. The highest BCUT2D eigenvalue weighted by molar-refractivity contribution is 7.17. The molecule has 1 aliphatic rings. The Morgan fingerprint density at radius 3 is 2.69 bits per heavy atom. The van der Waals surface area contributed by atoms with Gasteiger partial charge in [0, 0.05) is 4.88 Å². The Balaban J connectivity index is 1.65. The fraction of sp³-hybridized carbons (Fsp3) is 0.400. The summed E-state index contributed by atoms with van der Waals surface area (Å²) in [6.45, 7) is 2.40. The van der Waals surface area contributed by atoms with Crippen LogP contribution in [0, 0.1) is 0 Å². The summed E-state index contributed by atoms with van der Waals surface area (Å²) in [5.74, 6) is 0.229. The summed E-state index contributed by atoms with van der Waals surface area (Å²) in [6, 6.07) is 9.39. The molecule has 26 heavy (non-hydrogen) atoms. The molecule has 3 rings (SSSR count). The molecule has 0 saturated heterocycles. The standard InChI is InChI=1S/C20H23NO4S/c1-2-24-20(23)18-15-10-6-7-11-16(15)26-19(18)21-17(22)12-13-25-14-8-4-3-5-9-14/h3-5,8-9H,2,6-7,10-13H2,1H3,(H,21,22). The molecule has 1 aliphatic carbocycles. The Bertz CT molecular complexity index is 770. The van der Waals surface area contributed by atoms with Gasteiger partial charge in [-0.25, -0.2) is 4.79 Å². The lowest BCUT2D eigenvalue weighted by molar-refractivity contribution is -0.116. The first-order chi connectivity index (χ1) is 12.7. The van der Waals surface area contributed by atoms with Crippen molar-refractivity contribution in [2.24, 2.45) is 0 Å². The molecule has 0 bridgehead atoms. The predicted octanol–water partition coefficient (Wildman–Crippen LogP) is 4.21. The van der Waals surface area contributed by atoms with Gasteiger partial charge in [0.1, 0.15) is 10.8 Å². The van der Waals surface area contributed by atoms with E-state index in [1.165, 1.54) is 16.2 Å². The first kappa shape index (κ1) is 18.5. The summed E-state index contributed by atoms with van der Waals surface area (Å²) in [5, 5.41) is 3.50. The van der Waals surface area contributed by atoms with Crippen molar-refractivity contribution in [2.75, 3.05) is 18.5 Å². The van der Waals surface area contributed by atoms with Crippen molar-refractivity contribution in [3.8, 4) is 5.75 Å². The molecule has 0 aliphatic heterocycles. The van der Waals surface area contributed by atoms with Crippen LogP contribution in [0.15, 0.2) is 30.3 Å². The predicted molar refractivity (Wildman–Crippen MR) is 102 cm³/mol. The van der Waals surface area contributed by atoms with Crippen molar-refractivity contribution in [2.45, 2.75) is 39.0 Å². The van der Waals surface area contributed by atoms with Crippen molar-refractivity contribution >= 4 is 28.2 Å². The Hall–Kier alpha value is -2.34. The average Bonchev–Trinajstić information content (AvgIpc) is 3.00. The van der Waals surface area contributed by atoms with Gasteiger partial charge < -0.3 is 14.8 Å². The van der Waals surface area contributed by atoms with Crippen LogP contribution < -0.4 is 10.1 Å². The number of hydrogen-bond acceptors (Lipinski definition) is 5. The van der Waals surface area contributed by atoms with E-state index in [4.69, 9.17) is 9.47 Å². The van der Waals surface area contributed by atoms with E-state index in [0.717, 1.165) is 37.0 Å². The van der Waals surface area contributed by atoms with Gasteiger partial charge in [0.2, 0.25) is 5.91 Å². The summed E-state index contributed by atoms with van der Waals surface area (Å²) in [7, 11) is 0. The van der Waals surface area contributed by atoms with Gasteiger partial charge >= 0.3 is 5.97 Å². The van der Waals surface area contributed by atoms with E-state index in [9.17, 15) is 9.59 Å². The number of hydrogen-bond donors (Lipinski definition) is 1. The molecule has 1 amide bonds. The molecule has 138 valence electrons. The first-order valence-corrected chi connectivity index (χ1v) is 9.80. The van der Waals surface area contributed by atoms with Crippen LogP contribution in [0.5, 0.6) is 5.75 Å². The second-order valence-corrected chi connectivity index (χ2v) is 7.20. The molecule has 0 fully saturated rings. The molecule has 0 radical (unpaired) electrons. The molecule has 5 nitrogen and oxygen atoms in total. The van der Waals surface area contributed by atoms with Crippen molar-refractivity contribution in [3.05, 3.63) is 46.3 Å². The number of carbonyl (C=O) groups is 2. The molecular weight excluding hydrogens is 350 g/mol. The molecule has 1 aromatic heterocycles. The van der Waals surface area contributed by atoms with Crippen molar-refractivity contribution < 1.29 is 19.1 Å². The number of thiophene rings is 1. The maximum absolute atomic E-state index is 12.4. The maximum Gasteiger partial charge on any atom is 0.341 e. The van der Waals surface area contributed by atoms with Crippen LogP contribution in [0.3, 0.4) is 0 Å². The molecule has 0 spiro atoms. The third-order valence-corrected chi connectivity index (χ3v) is 5.45. The third kappa shape index (κ3) is 4.43. The molecular formula is C20H23NO4S. The zero-order chi connectivity index (χ0) is 18.4. The van der Waals surface area contributed by atoms with Crippen molar-refractivity contribution in [1.82, 2.24) is 0 Å². The maximum atomic E-state index is 12.4. The number of aryl methyl sites for hydroxylation is 1. The number of anilines is 1. The number of para-hydroxylation sites is 1. The lowest BCUT2D eigenvalue weighted by Crippen LogP contribution is -2.17. The number of amides is 1. The smallest absolute Gasteiger partial charge is 0.341 e. The Kier molecular flexibility index (Phi) is 6.28. The number of esters is 1. The van der Waals surface area contributed by atoms with Gasteiger partial charge in [-0.3, -0.25) is 4.79 Å². The highest BCUT2D eigenvalue weighted by atomic mass is 32.1. The SMILES string of the molecule is CCOC(=O)c1c(NC(=O)CCOc2ccccc2)sc2c1CCCC2.